The Morgan fingerprint density at radius 1 is 0.877 bits per heavy atom. The quantitative estimate of drug-likeness (QED) is 0.122. The van der Waals surface area contributed by atoms with Crippen molar-refractivity contribution >= 4 is 36.3 Å². The molecule has 294 valence electrons. The number of benzene rings is 4. The zero-order valence-electron chi connectivity index (χ0n) is 32.6. The number of carbonyl (C=O) groups is 2. The van der Waals surface area contributed by atoms with Crippen LogP contribution in [-0.2, 0) is 33.2 Å². The molecule has 4 aromatic carbocycles. The van der Waals surface area contributed by atoms with Crippen LogP contribution >= 0.6 is 0 Å². The van der Waals surface area contributed by atoms with E-state index in [4.69, 9.17) is 9.16 Å². The first-order valence-corrected chi connectivity index (χ1v) is 20.9. The van der Waals surface area contributed by atoms with Gasteiger partial charge in [-0.15, -0.1) is 10.2 Å². The van der Waals surface area contributed by atoms with Crippen LogP contribution in [0.2, 0.25) is 5.04 Å². The van der Waals surface area contributed by atoms with E-state index < -0.39 is 44.3 Å². The third-order valence-corrected chi connectivity index (χ3v) is 16.0. The molecule has 0 saturated carbocycles. The lowest BCUT2D eigenvalue weighted by atomic mass is 9.84. The lowest BCUT2D eigenvalue weighted by Crippen LogP contribution is -2.66. The molecule has 1 aliphatic heterocycles. The molecule has 0 unspecified atom stereocenters. The van der Waals surface area contributed by atoms with Crippen LogP contribution in [-0.4, -0.2) is 52.5 Å². The van der Waals surface area contributed by atoms with Crippen LogP contribution in [0.25, 0.3) is 5.65 Å². The summed E-state index contributed by atoms with van der Waals surface area (Å²) in [6.45, 7) is 10.7. The summed E-state index contributed by atoms with van der Waals surface area (Å²) in [5.41, 5.74) is 4.63. The number of carbonyl (C=O) groups excluding carboxylic acids is 2. The van der Waals surface area contributed by atoms with Gasteiger partial charge in [-0.25, -0.2) is 9.69 Å². The van der Waals surface area contributed by atoms with Crippen molar-refractivity contribution < 1.29 is 31.9 Å². The maximum atomic E-state index is 14.4. The predicted octanol–water partition coefficient (Wildman–Crippen LogP) is 8.55. The van der Waals surface area contributed by atoms with Crippen LogP contribution in [0.1, 0.15) is 72.3 Å². The number of hydrogen-bond donors (Lipinski definition) is 0. The Bertz CT molecular complexity index is 2340. The highest BCUT2D eigenvalue weighted by atomic mass is 28.4. The summed E-state index contributed by atoms with van der Waals surface area (Å²) < 4.78 is 55.3. The molecule has 1 fully saturated rings. The maximum absolute atomic E-state index is 14.4. The van der Waals surface area contributed by atoms with Gasteiger partial charge in [0.15, 0.2) is 5.65 Å². The van der Waals surface area contributed by atoms with Crippen LogP contribution in [0, 0.1) is 13.8 Å². The molecular weight excluding hydrogens is 746 g/mol. The SMILES string of the molecule is Cc1ccc([C@@H](CC(=O)N2C(=O)OC[C@H]2Cc2ccccc2)c2ccn3c(C(F)(F)F)nnc3c2C)cc1CO[Si](c1ccccc1)(c1ccccc1)C(C)(C)C. The zero-order chi connectivity index (χ0) is 40.5. The van der Waals surface area contributed by atoms with Gasteiger partial charge in [0, 0.05) is 18.5 Å². The van der Waals surface area contributed by atoms with Gasteiger partial charge in [0.05, 0.1) is 12.6 Å². The molecule has 0 aliphatic carbocycles. The van der Waals surface area contributed by atoms with Gasteiger partial charge in [0.2, 0.25) is 11.7 Å². The van der Waals surface area contributed by atoms with Gasteiger partial charge in [-0.1, -0.05) is 130 Å². The monoisotopic (exact) mass is 790 g/mol. The van der Waals surface area contributed by atoms with Crippen molar-refractivity contribution in [3.05, 3.63) is 161 Å². The number of imide groups is 1. The first kappa shape index (κ1) is 39.6. The Morgan fingerprint density at radius 2 is 1.49 bits per heavy atom. The van der Waals surface area contributed by atoms with E-state index in [-0.39, 0.29) is 30.3 Å². The molecule has 2 amide bonds. The second kappa shape index (κ2) is 15.7. The number of nitrogens with zero attached hydrogens (tertiary/aromatic N) is 4. The van der Waals surface area contributed by atoms with Crippen LogP contribution < -0.4 is 10.4 Å². The molecule has 1 saturated heterocycles. The number of aryl methyl sites for hydroxylation is 2. The lowest BCUT2D eigenvalue weighted by molar-refractivity contribution is -0.145. The van der Waals surface area contributed by atoms with E-state index in [1.54, 1.807) is 13.0 Å². The molecular formula is C45H45F3N4O4Si. The fourth-order valence-corrected chi connectivity index (χ4v) is 12.7. The molecule has 3 heterocycles. The molecule has 0 spiro atoms. The average molecular weight is 791 g/mol. The average Bonchev–Trinajstić information content (AvgIpc) is 3.80. The van der Waals surface area contributed by atoms with Crippen LogP contribution in [0.4, 0.5) is 18.0 Å². The summed E-state index contributed by atoms with van der Waals surface area (Å²) in [5, 5.41) is 9.40. The Labute approximate surface area is 331 Å². The summed E-state index contributed by atoms with van der Waals surface area (Å²) in [6.07, 6.45) is -3.88. The molecule has 2 aromatic heterocycles. The third kappa shape index (κ3) is 7.76. The molecule has 2 atom stereocenters. The summed E-state index contributed by atoms with van der Waals surface area (Å²) in [7, 11) is -2.93. The second-order valence-electron chi connectivity index (χ2n) is 15.7. The number of rotatable bonds is 11. The molecule has 0 radical (unpaired) electrons. The second-order valence-corrected chi connectivity index (χ2v) is 20.0. The normalized spacial score (nSPS) is 15.5. The number of amides is 2. The highest BCUT2D eigenvalue weighted by molar-refractivity contribution is 6.99. The largest absolute Gasteiger partial charge is 0.452 e. The minimum atomic E-state index is -4.72. The van der Waals surface area contributed by atoms with Gasteiger partial charge in [-0.05, 0) is 75.1 Å². The predicted molar refractivity (Wildman–Crippen MR) is 215 cm³/mol. The summed E-state index contributed by atoms with van der Waals surface area (Å²) in [4.78, 5) is 28.7. The van der Waals surface area contributed by atoms with E-state index >= 15 is 0 Å². The number of hydrogen-bond acceptors (Lipinski definition) is 6. The molecule has 7 rings (SSSR count). The van der Waals surface area contributed by atoms with E-state index in [1.165, 1.54) is 11.1 Å². The van der Waals surface area contributed by atoms with Crippen LogP contribution in [0.3, 0.4) is 0 Å². The van der Waals surface area contributed by atoms with E-state index in [2.05, 4.69) is 55.2 Å². The molecule has 6 aromatic rings. The molecule has 0 bridgehead atoms. The van der Waals surface area contributed by atoms with E-state index in [0.717, 1.165) is 37.0 Å². The number of pyridine rings is 1. The van der Waals surface area contributed by atoms with Crippen molar-refractivity contribution in [2.45, 2.75) is 77.2 Å². The maximum Gasteiger partial charge on any atom is 0.452 e. The smallest absolute Gasteiger partial charge is 0.447 e. The first-order chi connectivity index (χ1) is 27.2. The van der Waals surface area contributed by atoms with E-state index in [0.29, 0.717) is 17.5 Å². The summed E-state index contributed by atoms with van der Waals surface area (Å²) in [5.74, 6) is -2.26. The summed E-state index contributed by atoms with van der Waals surface area (Å²) in [6, 6.07) is 37.2. The molecule has 1 aliphatic rings. The van der Waals surface area contributed by atoms with Crippen molar-refractivity contribution in [2.75, 3.05) is 6.61 Å². The van der Waals surface area contributed by atoms with Gasteiger partial charge < -0.3 is 9.16 Å². The number of fused-ring (bicyclic) bond motifs is 1. The van der Waals surface area contributed by atoms with Gasteiger partial charge in [0.1, 0.15) is 6.61 Å². The van der Waals surface area contributed by atoms with Crippen LogP contribution in [0.5, 0.6) is 0 Å². The van der Waals surface area contributed by atoms with Crippen molar-refractivity contribution in [1.29, 1.82) is 0 Å². The minimum absolute atomic E-state index is 0.0298. The highest BCUT2D eigenvalue weighted by Gasteiger charge is 2.50. The first-order valence-electron chi connectivity index (χ1n) is 19.0. The van der Waals surface area contributed by atoms with Gasteiger partial charge in [0.25, 0.3) is 8.32 Å². The van der Waals surface area contributed by atoms with Gasteiger partial charge in [-0.2, -0.15) is 13.2 Å². The third-order valence-electron chi connectivity index (χ3n) is 11.1. The zero-order valence-corrected chi connectivity index (χ0v) is 33.6. The molecule has 57 heavy (non-hydrogen) atoms. The standard InChI is InChI=1S/C45H45F3N4O4Si/c1-30-21-22-33(26-34(30)28-56-57(44(3,4)5,36-17-11-7-12-18-36)37-19-13-8-14-20-37)39(38-23-24-51-41(31(38)2)49-50-42(51)45(46,47)48)27-40(53)52-35(29-55-43(52)54)25-32-15-9-6-10-16-32/h6-24,26,35,39H,25,27-29H2,1-5H3/t35-,39-/m1/s1. The minimum Gasteiger partial charge on any atom is -0.447 e. The number of alkyl halides is 3. The van der Waals surface area contributed by atoms with Crippen molar-refractivity contribution in [2.24, 2.45) is 0 Å². The fourth-order valence-electron chi connectivity index (χ4n) is 8.16. The van der Waals surface area contributed by atoms with E-state index in [1.807, 2.05) is 91.9 Å². The molecule has 0 N–H and O–H groups in total. The Morgan fingerprint density at radius 3 is 2.09 bits per heavy atom. The Kier molecular flexibility index (Phi) is 10.9. The number of cyclic esters (lactones) is 1. The number of ether oxygens (including phenoxy) is 1. The van der Waals surface area contributed by atoms with Crippen molar-refractivity contribution in [1.82, 2.24) is 19.5 Å². The van der Waals surface area contributed by atoms with Gasteiger partial charge in [-0.3, -0.25) is 9.20 Å². The Balaban J connectivity index is 1.30. The Hall–Kier alpha value is -5.59. The number of halogens is 3. The van der Waals surface area contributed by atoms with Crippen molar-refractivity contribution in [3.63, 3.8) is 0 Å². The van der Waals surface area contributed by atoms with Crippen molar-refractivity contribution in [3.8, 4) is 0 Å². The highest BCUT2D eigenvalue weighted by Crippen LogP contribution is 2.39. The van der Waals surface area contributed by atoms with E-state index in [9.17, 15) is 22.8 Å². The number of aromatic nitrogens is 3. The van der Waals surface area contributed by atoms with Crippen LogP contribution in [0.15, 0.2) is 121 Å². The van der Waals surface area contributed by atoms with Gasteiger partial charge >= 0.3 is 12.3 Å². The molecule has 8 nitrogen and oxygen atoms in total. The topological polar surface area (TPSA) is 86.0 Å². The fraction of sp³-hybridized carbons (Fsp3) is 0.289. The summed E-state index contributed by atoms with van der Waals surface area (Å²) >= 11 is 0. The molecule has 12 heteroatoms. The lowest BCUT2D eigenvalue weighted by Gasteiger charge is -2.43.